The summed E-state index contributed by atoms with van der Waals surface area (Å²) in [7, 11) is 0. The summed E-state index contributed by atoms with van der Waals surface area (Å²) in [6, 6.07) is 0. The zero-order chi connectivity index (χ0) is 9.15. The fourth-order valence-corrected chi connectivity index (χ4v) is 2.15. The van der Waals surface area contributed by atoms with Crippen LogP contribution in [0.25, 0.3) is 0 Å². The molecule has 2 aliphatic heterocycles. The van der Waals surface area contributed by atoms with Gasteiger partial charge in [-0.2, -0.15) is 0 Å². The molecule has 2 atom stereocenters. The van der Waals surface area contributed by atoms with E-state index in [1.165, 1.54) is 0 Å². The molecule has 3 nitrogen and oxygen atoms in total. The molecule has 2 heterocycles. The number of hydrogen-bond acceptors (Lipinski definition) is 3. The van der Waals surface area contributed by atoms with Crippen molar-refractivity contribution in [2.75, 3.05) is 13.2 Å². The summed E-state index contributed by atoms with van der Waals surface area (Å²) in [6.07, 6.45) is 5.98. The first kappa shape index (κ1) is 9.44. The van der Waals surface area contributed by atoms with E-state index < -0.39 is 5.79 Å². The molecule has 1 N–H and O–H groups in total. The molecular formula is C10H18O3. The molecule has 0 amide bonds. The maximum absolute atomic E-state index is 10.1. The third kappa shape index (κ3) is 2.03. The molecule has 0 aromatic heterocycles. The number of rotatable bonds is 1. The van der Waals surface area contributed by atoms with Gasteiger partial charge in [-0.15, -0.1) is 0 Å². The quantitative estimate of drug-likeness (QED) is 0.673. The predicted octanol–water partition coefficient (Wildman–Crippen LogP) is 1.44. The molecule has 0 saturated carbocycles. The van der Waals surface area contributed by atoms with E-state index >= 15 is 0 Å². The van der Waals surface area contributed by atoms with E-state index in [1.54, 1.807) is 0 Å². The molecule has 0 aromatic carbocycles. The minimum Gasteiger partial charge on any atom is -0.373 e. The van der Waals surface area contributed by atoms with E-state index in [2.05, 4.69) is 0 Å². The summed E-state index contributed by atoms with van der Waals surface area (Å²) < 4.78 is 11.0. The van der Waals surface area contributed by atoms with E-state index in [-0.39, 0.29) is 6.10 Å². The van der Waals surface area contributed by atoms with Gasteiger partial charge in [-0.1, -0.05) is 0 Å². The van der Waals surface area contributed by atoms with Crippen LogP contribution < -0.4 is 0 Å². The lowest BCUT2D eigenvalue weighted by atomic mass is 9.95. The highest BCUT2D eigenvalue weighted by Crippen LogP contribution is 2.31. The minimum atomic E-state index is -0.974. The molecule has 2 fully saturated rings. The molecule has 0 bridgehead atoms. The highest BCUT2D eigenvalue weighted by molar-refractivity contribution is 4.83. The fourth-order valence-electron chi connectivity index (χ4n) is 2.15. The van der Waals surface area contributed by atoms with Crippen LogP contribution in [0, 0.1) is 0 Å². The monoisotopic (exact) mass is 186 g/mol. The average molecular weight is 186 g/mol. The molecule has 13 heavy (non-hydrogen) atoms. The molecule has 1 unspecified atom stereocenters. The van der Waals surface area contributed by atoms with Crippen LogP contribution in [0.3, 0.4) is 0 Å². The van der Waals surface area contributed by atoms with Crippen LogP contribution in [-0.2, 0) is 9.47 Å². The molecule has 2 rings (SSSR count). The van der Waals surface area contributed by atoms with Crippen molar-refractivity contribution in [2.24, 2.45) is 0 Å². The SMILES string of the molecule is O[C@@]1(C2CCCCO2)CCCCO1. The standard InChI is InChI=1S/C10H18O3/c11-10(6-2-4-8-13-10)9-5-1-3-7-12-9/h9,11H,1-8H2/t9?,10-/m0/s1. The molecule has 3 heteroatoms. The first-order chi connectivity index (χ1) is 6.31. The first-order valence-electron chi connectivity index (χ1n) is 5.29. The van der Waals surface area contributed by atoms with Crippen molar-refractivity contribution in [3.8, 4) is 0 Å². The Labute approximate surface area is 79.0 Å². The van der Waals surface area contributed by atoms with Gasteiger partial charge in [-0.25, -0.2) is 0 Å². The lowest BCUT2D eigenvalue weighted by Crippen LogP contribution is -2.49. The number of aliphatic hydroxyl groups is 1. The van der Waals surface area contributed by atoms with E-state index in [1.807, 2.05) is 0 Å². The average Bonchev–Trinajstić information content (AvgIpc) is 2.20. The molecule has 0 aromatic rings. The van der Waals surface area contributed by atoms with Gasteiger partial charge in [0.15, 0.2) is 5.79 Å². The van der Waals surface area contributed by atoms with Crippen LogP contribution in [0.5, 0.6) is 0 Å². The Balaban J connectivity index is 1.94. The highest BCUT2D eigenvalue weighted by atomic mass is 16.7. The summed E-state index contributed by atoms with van der Waals surface area (Å²) in [5.74, 6) is -0.974. The molecular weight excluding hydrogens is 168 g/mol. The van der Waals surface area contributed by atoms with Gasteiger partial charge in [0.05, 0.1) is 6.61 Å². The van der Waals surface area contributed by atoms with E-state index in [9.17, 15) is 5.11 Å². The Kier molecular flexibility index (Phi) is 2.86. The molecule has 2 saturated heterocycles. The third-order valence-corrected chi connectivity index (χ3v) is 2.96. The zero-order valence-electron chi connectivity index (χ0n) is 8.00. The topological polar surface area (TPSA) is 38.7 Å². The molecule has 2 aliphatic rings. The van der Waals surface area contributed by atoms with Gasteiger partial charge in [-0.3, -0.25) is 0 Å². The zero-order valence-corrected chi connectivity index (χ0v) is 8.00. The van der Waals surface area contributed by atoms with Crippen LogP contribution in [-0.4, -0.2) is 30.2 Å². The Morgan fingerprint density at radius 1 is 1.08 bits per heavy atom. The second-order valence-corrected chi connectivity index (χ2v) is 4.01. The normalized spacial score (nSPS) is 41.8. The summed E-state index contributed by atoms with van der Waals surface area (Å²) >= 11 is 0. The van der Waals surface area contributed by atoms with Gasteiger partial charge < -0.3 is 14.6 Å². The predicted molar refractivity (Wildman–Crippen MR) is 48.3 cm³/mol. The van der Waals surface area contributed by atoms with Gasteiger partial charge >= 0.3 is 0 Å². The van der Waals surface area contributed by atoms with Crippen LogP contribution in [0.1, 0.15) is 38.5 Å². The van der Waals surface area contributed by atoms with Crippen LogP contribution in [0.15, 0.2) is 0 Å². The molecule has 0 spiro atoms. The third-order valence-electron chi connectivity index (χ3n) is 2.96. The van der Waals surface area contributed by atoms with E-state index in [0.29, 0.717) is 6.61 Å². The number of hydrogen-bond donors (Lipinski definition) is 1. The van der Waals surface area contributed by atoms with Crippen molar-refractivity contribution < 1.29 is 14.6 Å². The van der Waals surface area contributed by atoms with Crippen LogP contribution in [0.2, 0.25) is 0 Å². The smallest absolute Gasteiger partial charge is 0.192 e. The van der Waals surface area contributed by atoms with Gasteiger partial charge in [0.2, 0.25) is 0 Å². The largest absolute Gasteiger partial charge is 0.373 e. The minimum absolute atomic E-state index is 0.0819. The Morgan fingerprint density at radius 3 is 2.54 bits per heavy atom. The van der Waals surface area contributed by atoms with Crippen molar-refractivity contribution in [3.05, 3.63) is 0 Å². The molecule has 0 aliphatic carbocycles. The van der Waals surface area contributed by atoms with Crippen molar-refractivity contribution in [3.63, 3.8) is 0 Å². The van der Waals surface area contributed by atoms with Gasteiger partial charge in [0.1, 0.15) is 6.10 Å². The fraction of sp³-hybridized carbons (Fsp3) is 1.00. The second kappa shape index (κ2) is 3.95. The van der Waals surface area contributed by atoms with E-state index in [4.69, 9.17) is 9.47 Å². The summed E-state index contributed by atoms with van der Waals surface area (Å²) in [5.41, 5.74) is 0. The Hall–Kier alpha value is -0.120. The summed E-state index contributed by atoms with van der Waals surface area (Å²) in [6.45, 7) is 1.45. The maximum Gasteiger partial charge on any atom is 0.192 e. The molecule has 76 valence electrons. The summed E-state index contributed by atoms with van der Waals surface area (Å²) in [5, 5.41) is 10.1. The Bertz CT molecular complexity index is 158. The highest BCUT2D eigenvalue weighted by Gasteiger charge is 2.40. The van der Waals surface area contributed by atoms with Gasteiger partial charge in [0, 0.05) is 13.0 Å². The second-order valence-electron chi connectivity index (χ2n) is 4.01. The van der Waals surface area contributed by atoms with Gasteiger partial charge in [0.25, 0.3) is 0 Å². The van der Waals surface area contributed by atoms with Gasteiger partial charge in [-0.05, 0) is 32.1 Å². The molecule has 0 radical (unpaired) electrons. The Morgan fingerprint density at radius 2 is 1.92 bits per heavy atom. The van der Waals surface area contributed by atoms with Crippen LogP contribution >= 0.6 is 0 Å². The first-order valence-corrected chi connectivity index (χ1v) is 5.29. The van der Waals surface area contributed by atoms with Crippen molar-refractivity contribution in [1.29, 1.82) is 0 Å². The maximum atomic E-state index is 10.1. The number of ether oxygens (including phenoxy) is 2. The van der Waals surface area contributed by atoms with Crippen molar-refractivity contribution in [2.45, 2.75) is 50.4 Å². The lowest BCUT2D eigenvalue weighted by Gasteiger charge is -2.40. The lowest BCUT2D eigenvalue weighted by molar-refractivity contribution is -0.289. The summed E-state index contributed by atoms with van der Waals surface area (Å²) in [4.78, 5) is 0. The van der Waals surface area contributed by atoms with Crippen molar-refractivity contribution >= 4 is 0 Å². The van der Waals surface area contributed by atoms with E-state index in [0.717, 1.165) is 45.1 Å². The van der Waals surface area contributed by atoms with Crippen molar-refractivity contribution in [1.82, 2.24) is 0 Å². The van der Waals surface area contributed by atoms with Crippen LogP contribution in [0.4, 0.5) is 0 Å².